The average Bonchev–Trinajstić information content (AvgIpc) is 3.09. The van der Waals surface area contributed by atoms with E-state index in [9.17, 15) is 4.79 Å². The zero-order valence-electron chi connectivity index (χ0n) is 10.8. The van der Waals surface area contributed by atoms with Gasteiger partial charge in [-0.1, -0.05) is 5.21 Å². The molecule has 3 heterocycles. The van der Waals surface area contributed by atoms with Crippen LogP contribution in [0, 0.1) is 6.92 Å². The molecule has 1 aliphatic rings. The molecule has 1 fully saturated rings. The summed E-state index contributed by atoms with van der Waals surface area (Å²) in [6.07, 6.45) is 5.48. The number of aryl methyl sites for hydroxylation is 1. The number of thiophene rings is 1. The first-order chi connectivity index (χ1) is 9.24. The van der Waals surface area contributed by atoms with E-state index in [2.05, 4.69) is 10.3 Å². The Morgan fingerprint density at radius 2 is 2.21 bits per heavy atom. The van der Waals surface area contributed by atoms with Crippen molar-refractivity contribution in [3.05, 3.63) is 34.3 Å². The Morgan fingerprint density at radius 1 is 1.42 bits per heavy atom. The van der Waals surface area contributed by atoms with Crippen molar-refractivity contribution in [1.82, 2.24) is 19.9 Å². The maximum absolute atomic E-state index is 12.3. The highest BCUT2D eigenvalue weighted by molar-refractivity contribution is 7.12. The molecule has 0 unspecified atom stereocenters. The number of hydrogen-bond donors (Lipinski definition) is 0. The van der Waals surface area contributed by atoms with Gasteiger partial charge in [0.1, 0.15) is 0 Å². The lowest BCUT2D eigenvalue weighted by molar-refractivity contribution is 0.0694. The van der Waals surface area contributed by atoms with Crippen molar-refractivity contribution in [3.63, 3.8) is 0 Å². The summed E-state index contributed by atoms with van der Waals surface area (Å²) >= 11 is 1.53. The number of rotatable bonds is 2. The number of nitrogens with zero attached hydrogens (tertiary/aromatic N) is 4. The smallest absolute Gasteiger partial charge is 0.263 e. The SMILES string of the molecule is Cc1csc(C(=O)N2CCC(n3ccnn3)CC2)c1. The van der Waals surface area contributed by atoms with Gasteiger partial charge in [-0.3, -0.25) is 4.79 Å². The molecule has 2 aromatic heterocycles. The van der Waals surface area contributed by atoms with Crippen molar-refractivity contribution < 1.29 is 4.79 Å². The molecule has 1 aliphatic heterocycles. The number of hydrogen-bond acceptors (Lipinski definition) is 4. The highest BCUT2D eigenvalue weighted by Crippen LogP contribution is 2.24. The summed E-state index contributed by atoms with van der Waals surface area (Å²) in [5, 5.41) is 9.90. The topological polar surface area (TPSA) is 51.0 Å². The molecule has 0 radical (unpaired) electrons. The lowest BCUT2D eigenvalue weighted by Crippen LogP contribution is -2.38. The fourth-order valence-electron chi connectivity index (χ4n) is 2.44. The van der Waals surface area contributed by atoms with Crippen LogP contribution in [-0.4, -0.2) is 38.9 Å². The van der Waals surface area contributed by atoms with Gasteiger partial charge in [0.25, 0.3) is 5.91 Å². The molecule has 0 aromatic carbocycles. The molecular weight excluding hydrogens is 260 g/mol. The standard InChI is InChI=1S/C13H16N4OS/c1-10-8-12(19-9-10)13(18)16-5-2-11(3-6-16)17-7-4-14-15-17/h4,7-9,11H,2-3,5-6H2,1H3. The summed E-state index contributed by atoms with van der Waals surface area (Å²) in [5.41, 5.74) is 1.16. The minimum Gasteiger partial charge on any atom is -0.338 e. The minimum atomic E-state index is 0.162. The molecule has 0 saturated carbocycles. The average molecular weight is 276 g/mol. The predicted octanol–water partition coefficient (Wildman–Crippen LogP) is 2.13. The van der Waals surface area contributed by atoms with Crippen molar-refractivity contribution >= 4 is 17.2 Å². The molecule has 100 valence electrons. The first kappa shape index (κ1) is 12.3. The fourth-order valence-corrected chi connectivity index (χ4v) is 3.31. The van der Waals surface area contributed by atoms with E-state index >= 15 is 0 Å². The van der Waals surface area contributed by atoms with Gasteiger partial charge in [-0.2, -0.15) is 0 Å². The highest BCUT2D eigenvalue weighted by Gasteiger charge is 2.25. The van der Waals surface area contributed by atoms with Crippen molar-refractivity contribution in [2.75, 3.05) is 13.1 Å². The van der Waals surface area contributed by atoms with Crippen molar-refractivity contribution in [1.29, 1.82) is 0 Å². The molecule has 0 atom stereocenters. The molecule has 0 spiro atoms. The first-order valence-electron chi connectivity index (χ1n) is 6.44. The van der Waals surface area contributed by atoms with E-state index in [0.29, 0.717) is 6.04 Å². The van der Waals surface area contributed by atoms with Gasteiger partial charge in [0.05, 0.1) is 17.1 Å². The monoisotopic (exact) mass is 276 g/mol. The molecule has 19 heavy (non-hydrogen) atoms. The number of likely N-dealkylation sites (tertiary alicyclic amines) is 1. The summed E-state index contributed by atoms with van der Waals surface area (Å²) in [5.74, 6) is 0.162. The first-order valence-corrected chi connectivity index (χ1v) is 7.32. The van der Waals surface area contributed by atoms with Crippen LogP contribution in [0.1, 0.15) is 34.1 Å². The summed E-state index contributed by atoms with van der Waals surface area (Å²) in [6.45, 7) is 3.60. The summed E-state index contributed by atoms with van der Waals surface area (Å²) < 4.78 is 1.90. The Balaban J connectivity index is 1.62. The predicted molar refractivity (Wildman–Crippen MR) is 73.3 cm³/mol. The van der Waals surface area contributed by atoms with Gasteiger partial charge in [0, 0.05) is 19.3 Å². The van der Waals surface area contributed by atoms with Crippen LogP contribution in [0.15, 0.2) is 23.8 Å². The van der Waals surface area contributed by atoms with Crippen LogP contribution in [0.4, 0.5) is 0 Å². The number of amides is 1. The van der Waals surface area contributed by atoms with Crippen LogP contribution in [0.2, 0.25) is 0 Å². The van der Waals surface area contributed by atoms with E-state index in [4.69, 9.17) is 0 Å². The Labute approximate surface area is 115 Å². The van der Waals surface area contributed by atoms with E-state index in [1.165, 1.54) is 11.3 Å². The third-order valence-corrected chi connectivity index (χ3v) is 4.54. The van der Waals surface area contributed by atoms with Crippen LogP contribution in [-0.2, 0) is 0 Å². The molecule has 0 N–H and O–H groups in total. The van der Waals surface area contributed by atoms with Crippen LogP contribution in [0.5, 0.6) is 0 Å². The van der Waals surface area contributed by atoms with Gasteiger partial charge in [-0.05, 0) is 36.8 Å². The van der Waals surface area contributed by atoms with Crippen molar-refractivity contribution in [2.45, 2.75) is 25.8 Å². The van der Waals surface area contributed by atoms with Gasteiger partial charge in [0.15, 0.2) is 0 Å². The van der Waals surface area contributed by atoms with E-state index < -0.39 is 0 Å². The molecule has 0 bridgehead atoms. The normalized spacial score (nSPS) is 16.8. The zero-order chi connectivity index (χ0) is 13.2. The zero-order valence-corrected chi connectivity index (χ0v) is 11.6. The van der Waals surface area contributed by atoms with Crippen LogP contribution in [0.3, 0.4) is 0 Å². The van der Waals surface area contributed by atoms with Gasteiger partial charge < -0.3 is 4.90 Å². The molecule has 2 aromatic rings. The number of aromatic nitrogens is 3. The second kappa shape index (κ2) is 5.13. The molecular formula is C13H16N4OS. The van der Waals surface area contributed by atoms with Gasteiger partial charge in [0.2, 0.25) is 0 Å². The van der Waals surface area contributed by atoms with Crippen molar-refractivity contribution in [3.8, 4) is 0 Å². The largest absolute Gasteiger partial charge is 0.338 e. The molecule has 1 amide bonds. The second-order valence-electron chi connectivity index (χ2n) is 4.89. The third kappa shape index (κ3) is 2.53. The quantitative estimate of drug-likeness (QED) is 0.844. The van der Waals surface area contributed by atoms with Crippen molar-refractivity contribution in [2.24, 2.45) is 0 Å². The van der Waals surface area contributed by atoms with E-state index in [0.717, 1.165) is 36.4 Å². The van der Waals surface area contributed by atoms with E-state index in [1.54, 1.807) is 6.20 Å². The summed E-state index contributed by atoms with van der Waals surface area (Å²) in [6, 6.07) is 2.34. The highest BCUT2D eigenvalue weighted by atomic mass is 32.1. The van der Waals surface area contributed by atoms with Crippen LogP contribution in [0.25, 0.3) is 0 Å². The van der Waals surface area contributed by atoms with Gasteiger partial charge in [-0.15, -0.1) is 16.4 Å². The molecule has 0 aliphatic carbocycles. The third-order valence-electron chi connectivity index (χ3n) is 3.51. The lowest BCUT2D eigenvalue weighted by Gasteiger charge is -2.31. The summed E-state index contributed by atoms with van der Waals surface area (Å²) in [4.78, 5) is 15.1. The maximum atomic E-state index is 12.3. The van der Waals surface area contributed by atoms with Crippen LogP contribution < -0.4 is 0 Å². The Morgan fingerprint density at radius 3 is 2.79 bits per heavy atom. The lowest BCUT2D eigenvalue weighted by atomic mass is 10.1. The minimum absolute atomic E-state index is 0.162. The van der Waals surface area contributed by atoms with E-state index in [1.807, 2.05) is 34.1 Å². The second-order valence-corrected chi connectivity index (χ2v) is 5.81. The fraction of sp³-hybridized carbons (Fsp3) is 0.462. The number of piperidine rings is 1. The molecule has 5 nitrogen and oxygen atoms in total. The number of carbonyl (C=O) groups is 1. The Bertz CT molecular complexity index is 555. The molecule has 6 heteroatoms. The van der Waals surface area contributed by atoms with Gasteiger partial charge >= 0.3 is 0 Å². The molecule has 3 rings (SSSR count). The maximum Gasteiger partial charge on any atom is 0.263 e. The molecule has 1 saturated heterocycles. The Kier molecular flexibility index (Phi) is 3.33. The summed E-state index contributed by atoms with van der Waals surface area (Å²) in [7, 11) is 0. The Hall–Kier alpha value is -1.69. The van der Waals surface area contributed by atoms with Crippen LogP contribution >= 0.6 is 11.3 Å². The van der Waals surface area contributed by atoms with Gasteiger partial charge in [-0.25, -0.2) is 4.68 Å². The van der Waals surface area contributed by atoms with E-state index in [-0.39, 0.29) is 5.91 Å². The number of carbonyl (C=O) groups excluding carboxylic acids is 1.